The zero-order valence-electron chi connectivity index (χ0n) is 12.0. The number of nitrogens with one attached hydrogen (secondary N) is 2. The molecule has 0 aliphatic rings. The van der Waals surface area contributed by atoms with Crippen molar-refractivity contribution in [3.05, 3.63) is 59.4 Å². The first-order valence-electron chi connectivity index (χ1n) is 6.67. The zero-order chi connectivity index (χ0) is 15.1. The van der Waals surface area contributed by atoms with Crippen molar-refractivity contribution in [1.82, 2.24) is 10.3 Å². The molecule has 1 aromatic heterocycles. The molecule has 0 aliphatic carbocycles. The van der Waals surface area contributed by atoms with Crippen molar-refractivity contribution in [2.75, 3.05) is 13.1 Å². The number of hydrogen-bond acceptors (Lipinski definition) is 3. The van der Waals surface area contributed by atoms with Crippen molar-refractivity contribution in [3.63, 3.8) is 0 Å². The number of halogens is 1. The summed E-state index contributed by atoms with van der Waals surface area (Å²) in [4.78, 5) is 26.5. The normalized spacial score (nSPS) is 9.86. The lowest BCUT2D eigenvalue weighted by atomic mass is 10.1. The Balaban J connectivity index is 0.00000242. The first-order chi connectivity index (χ1) is 10.2. The molecule has 118 valence electrons. The third-order valence-electron chi connectivity index (χ3n) is 2.87. The van der Waals surface area contributed by atoms with E-state index in [1.54, 1.807) is 30.5 Å². The number of quaternary nitrogens is 1. The number of hydrogen-bond donors (Lipinski definition) is 3. The fraction of sp³-hybridized carbons (Fsp3) is 0.200. The Morgan fingerprint density at radius 3 is 2.50 bits per heavy atom. The molecule has 2 aromatic rings. The highest BCUT2D eigenvalue weighted by atomic mass is 35.5. The van der Waals surface area contributed by atoms with Crippen LogP contribution in [0.5, 0.6) is 0 Å². The van der Waals surface area contributed by atoms with Gasteiger partial charge in [-0.3, -0.25) is 9.59 Å². The minimum atomic E-state index is -0.0969. The first kappa shape index (κ1) is 18.3. The van der Waals surface area contributed by atoms with Crippen LogP contribution in [0.3, 0.4) is 0 Å². The van der Waals surface area contributed by atoms with Crippen LogP contribution in [-0.2, 0) is 5.75 Å². The van der Waals surface area contributed by atoms with Crippen LogP contribution in [-0.4, -0.2) is 29.1 Å². The lowest BCUT2D eigenvalue weighted by Gasteiger charge is -2.04. The third kappa shape index (κ3) is 5.22. The number of aromatic nitrogens is 1. The van der Waals surface area contributed by atoms with Crippen molar-refractivity contribution in [3.8, 4) is 0 Å². The molecule has 0 saturated carbocycles. The molecular formula is C15H18ClN3O2S. The van der Waals surface area contributed by atoms with Gasteiger partial charge in [-0.1, -0.05) is 23.9 Å². The number of benzene rings is 1. The number of H-pyrrole nitrogens is 1. The SMILES string of the molecule is [Cl-].[NH3+]CCNC(=O)c1ccc(CSC(=O)c2ccc[nH]2)cc1. The molecule has 0 radical (unpaired) electrons. The van der Waals surface area contributed by atoms with Gasteiger partial charge in [0.1, 0.15) is 0 Å². The van der Waals surface area contributed by atoms with Gasteiger partial charge in [0.25, 0.3) is 5.91 Å². The molecule has 22 heavy (non-hydrogen) atoms. The molecule has 1 aromatic carbocycles. The van der Waals surface area contributed by atoms with Crippen LogP contribution in [0.25, 0.3) is 0 Å². The Bertz CT molecular complexity index is 600. The van der Waals surface area contributed by atoms with Crippen LogP contribution in [0, 0.1) is 0 Å². The fourth-order valence-electron chi connectivity index (χ4n) is 1.74. The van der Waals surface area contributed by atoms with Crippen molar-refractivity contribution in [2.45, 2.75) is 5.75 Å². The Labute approximate surface area is 139 Å². The Morgan fingerprint density at radius 1 is 1.18 bits per heavy atom. The van der Waals surface area contributed by atoms with Crippen LogP contribution >= 0.6 is 11.8 Å². The van der Waals surface area contributed by atoms with Crippen molar-refractivity contribution < 1.29 is 27.7 Å². The molecule has 1 amide bonds. The Kier molecular flexibility index (Phi) is 7.73. The van der Waals surface area contributed by atoms with Gasteiger partial charge in [-0.15, -0.1) is 0 Å². The molecule has 1 heterocycles. The van der Waals surface area contributed by atoms with E-state index in [2.05, 4.69) is 16.0 Å². The maximum absolute atomic E-state index is 11.8. The molecule has 0 spiro atoms. The smallest absolute Gasteiger partial charge is 0.251 e. The molecule has 0 fully saturated rings. The Hall–Kier alpha value is -1.76. The van der Waals surface area contributed by atoms with Crippen molar-refractivity contribution >= 4 is 22.8 Å². The molecule has 5 N–H and O–H groups in total. The fourth-order valence-corrected chi connectivity index (χ4v) is 2.51. The van der Waals surface area contributed by atoms with Crippen LogP contribution in [0.2, 0.25) is 0 Å². The summed E-state index contributed by atoms with van der Waals surface area (Å²) in [7, 11) is 0. The standard InChI is InChI=1S/C15H17N3O2S.ClH/c16-7-9-18-14(19)12-5-3-11(4-6-12)10-21-15(20)13-2-1-8-17-13;/h1-6,8,17H,7,9-10,16H2,(H,18,19);1H. The van der Waals surface area contributed by atoms with Gasteiger partial charge in [0.15, 0.2) is 0 Å². The molecule has 2 rings (SSSR count). The number of thioether (sulfide) groups is 1. The highest BCUT2D eigenvalue weighted by Gasteiger charge is 2.08. The van der Waals surface area contributed by atoms with Gasteiger partial charge in [-0.25, -0.2) is 0 Å². The molecule has 0 bridgehead atoms. The van der Waals surface area contributed by atoms with Crippen LogP contribution in [0.1, 0.15) is 26.4 Å². The molecule has 0 aliphatic heterocycles. The van der Waals surface area contributed by atoms with Crippen molar-refractivity contribution in [1.29, 1.82) is 0 Å². The maximum atomic E-state index is 11.8. The van der Waals surface area contributed by atoms with Gasteiger partial charge in [0.05, 0.1) is 18.8 Å². The second-order valence-electron chi connectivity index (χ2n) is 4.47. The molecular weight excluding hydrogens is 322 g/mol. The summed E-state index contributed by atoms with van der Waals surface area (Å²) in [6.45, 7) is 1.24. The van der Waals surface area contributed by atoms with Crippen LogP contribution in [0.4, 0.5) is 0 Å². The largest absolute Gasteiger partial charge is 1.00 e. The molecule has 5 nitrogen and oxygen atoms in total. The summed E-state index contributed by atoms with van der Waals surface area (Å²) < 4.78 is 0. The van der Waals surface area contributed by atoms with Crippen LogP contribution < -0.4 is 23.5 Å². The van der Waals surface area contributed by atoms with E-state index in [-0.39, 0.29) is 23.4 Å². The van der Waals surface area contributed by atoms with Gasteiger partial charge in [-0.2, -0.15) is 0 Å². The predicted octanol–water partition coefficient (Wildman–Crippen LogP) is -1.94. The quantitative estimate of drug-likeness (QED) is 0.572. The van der Waals surface area contributed by atoms with E-state index in [1.165, 1.54) is 11.8 Å². The highest BCUT2D eigenvalue weighted by molar-refractivity contribution is 8.13. The summed E-state index contributed by atoms with van der Waals surface area (Å²) in [6.07, 6.45) is 1.73. The highest BCUT2D eigenvalue weighted by Crippen LogP contribution is 2.17. The average molecular weight is 340 g/mol. The summed E-state index contributed by atoms with van der Waals surface area (Å²) in [6, 6.07) is 10.8. The second-order valence-corrected chi connectivity index (χ2v) is 5.41. The number of amides is 1. The summed E-state index contributed by atoms with van der Waals surface area (Å²) in [5.74, 6) is 0.485. The van der Waals surface area contributed by atoms with E-state index in [9.17, 15) is 9.59 Å². The number of rotatable bonds is 6. The summed E-state index contributed by atoms with van der Waals surface area (Å²) >= 11 is 1.24. The lowest BCUT2D eigenvalue weighted by molar-refractivity contribution is -0.364. The molecule has 0 unspecified atom stereocenters. The number of carbonyl (C=O) groups is 2. The van der Waals surface area contributed by atoms with Gasteiger partial charge < -0.3 is 28.4 Å². The summed E-state index contributed by atoms with van der Waals surface area (Å²) in [5, 5.41) is 2.78. The van der Waals surface area contributed by atoms with E-state index >= 15 is 0 Å². The van der Waals surface area contributed by atoms with Gasteiger partial charge >= 0.3 is 0 Å². The predicted molar refractivity (Wildman–Crippen MR) is 82.9 cm³/mol. The number of carbonyl (C=O) groups excluding carboxylic acids is 2. The molecule has 0 saturated heterocycles. The lowest BCUT2D eigenvalue weighted by Crippen LogP contribution is -3.00. The third-order valence-corrected chi connectivity index (χ3v) is 3.83. The molecule has 7 heteroatoms. The monoisotopic (exact) mass is 339 g/mol. The topological polar surface area (TPSA) is 89.6 Å². The number of aromatic amines is 1. The maximum Gasteiger partial charge on any atom is 0.251 e. The minimum Gasteiger partial charge on any atom is -1.00 e. The van der Waals surface area contributed by atoms with Gasteiger partial charge in [0.2, 0.25) is 5.12 Å². The van der Waals surface area contributed by atoms with E-state index < -0.39 is 0 Å². The van der Waals surface area contributed by atoms with Crippen LogP contribution in [0.15, 0.2) is 42.6 Å². The Morgan fingerprint density at radius 2 is 1.91 bits per heavy atom. The minimum absolute atomic E-state index is 0. The van der Waals surface area contributed by atoms with Gasteiger partial charge in [-0.05, 0) is 29.8 Å². The molecule has 0 atom stereocenters. The zero-order valence-corrected chi connectivity index (χ0v) is 13.5. The first-order valence-corrected chi connectivity index (χ1v) is 7.66. The van der Waals surface area contributed by atoms with E-state index in [4.69, 9.17) is 0 Å². The average Bonchev–Trinajstić information content (AvgIpc) is 3.05. The summed E-state index contributed by atoms with van der Waals surface area (Å²) in [5.41, 5.74) is 5.90. The van der Waals surface area contributed by atoms with E-state index in [0.717, 1.165) is 5.56 Å². The van der Waals surface area contributed by atoms with E-state index in [1.807, 2.05) is 12.1 Å². The van der Waals surface area contributed by atoms with Gasteiger partial charge in [0, 0.05) is 17.5 Å². The van der Waals surface area contributed by atoms with Crippen molar-refractivity contribution in [2.24, 2.45) is 0 Å². The van der Waals surface area contributed by atoms with E-state index in [0.29, 0.717) is 30.1 Å². The second kappa shape index (κ2) is 9.30.